The van der Waals surface area contributed by atoms with Crippen molar-refractivity contribution in [3.63, 3.8) is 0 Å². The first-order valence-electron chi connectivity index (χ1n) is 12.7. The summed E-state index contributed by atoms with van der Waals surface area (Å²) >= 11 is 4.60. The molecule has 8 unspecified atom stereocenters. The summed E-state index contributed by atoms with van der Waals surface area (Å²) in [6, 6.07) is 0. The summed E-state index contributed by atoms with van der Waals surface area (Å²) in [5.41, 5.74) is 2.15. The van der Waals surface area contributed by atoms with Gasteiger partial charge in [0.25, 0.3) is 0 Å². The van der Waals surface area contributed by atoms with Crippen molar-refractivity contribution in [2.24, 2.45) is 35.5 Å². The molecule has 6 rings (SSSR count). The molecule has 0 N–H and O–H groups in total. The molecular formula is C26H40S2Si. The van der Waals surface area contributed by atoms with Crippen LogP contribution in [0.4, 0.5) is 0 Å². The van der Waals surface area contributed by atoms with Crippen LogP contribution < -0.4 is 0 Å². The number of thioether (sulfide) groups is 2. The second-order valence-corrected chi connectivity index (χ2v) is 19.8. The number of rotatable bonds is 2. The molecule has 0 nitrogen and oxygen atoms in total. The van der Waals surface area contributed by atoms with E-state index >= 15 is 0 Å². The van der Waals surface area contributed by atoms with Crippen LogP contribution in [0.5, 0.6) is 0 Å². The second-order valence-electron chi connectivity index (χ2n) is 12.0. The molecule has 4 saturated carbocycles. The van der Waals surface area contributed by atoms with Crippen molar-refractivity contribution < 1.29 is 0 Å². The van der Waals surface area contributed by atoms with Gasteiger partial charge in [-0.1, -0.05) is 63.8 Å². The predicted octanol–water partition coefficient (Wildman–Crippen LogP) is 8.35. The average molecular weight is 445 g/mol. The van der Waals surface area contributed by atoms with Crippen LogP contribution in [-0.4, -0.2) is 18.6 Å². The lowest BCUT2D eigenvalue weighted by Gasteiger charge is -2.47. The number of hydrogen-bond acceptors (Lipinski definition) is 2. The van der Waals surface area contributed by atoms with E-state index in [9.17, 15) is 0 Å². The molecule has 0 aromatic carbocycles. The minimum absolute atomic E-state index is 0.845. The zero-order valence-electron chi connectivity index (χ0n) is 18.9. The standard InChI is InChI=1S/C26H40S2Si/c1-15-13-21-22-14-16(2)28-24(22)26(23(21)27-15)29(3,4)25-19-11-7-5-9-17(19)18-10-6-8-12-20(18)25/h13-14,17-26H,5-12H2,1-4H3. The van der Waals surface area contributed by atoms with Crippen LogP contribution in [0.3, 0.4) is 0 Å². The van der Waals surface area contributed by atoms with Gasteiger partial charge in [0.2, 0.25) is 0 Å². The summed E-state index contributed by atoms with van der Waals surface area (Å²) in [4.78, 5) is 3.27. The Kier molecular flexibility index (Phi) is 4.98. The van der Waals surface area contributed by atoms with E-state index in [-0.39, 0.29) is 0 Å². The molecule has 0 amide bonds. The van der Waals surface area contributed by atoms with Gasteiger partial charge in [0.05, 0.1) is 8.07 Å². The Hall–Kier alpha value is 0.397. The third-order valence-corrected chi connectivity index (χ3v) is 18.6. The molecule has 8 atom stereocenters. The van der Waals surface area contributed by atoms with E-state index in [1.54, 1.807) is 35.5 Å². The summed E-state index contributed by atoms with van der Waals surface area (Å²) in [5.74, 6) is 6.14. The maximum absolute atomic E-state index is 2.90. The van der Waals surface area contributed by atoms with Crippen LogP contribution in [0.2, 0.25) is 24.2 Å². The topological polar surface area (TPSA) is 0 Å². The fourth-order valence-electron chi connectivity index (χ4n) is 9.69. The van der Waals surface area contributed by atoms with Gasteiger partial charge in [-0.15, -0.1) is 23.5 Å². The third kappa shape index (κ3) is 2.91. The van der Waals surface area contributed by atoms with Crippen LogP contribution in [-0.2, 0) is 0 Å². The maximum atomic E-state index is 2.90. The first kappa shape index (κ1) is 20.0. The molecule has 0 spiro atoms. The Balaban J connectivity index is 1.38. The quantitative estimate of drug-likeness (QED) is 0.392. The SMILES string of the molecule is CC1=CC2C3C=C(C)SC3C([Si](C)(C)C3C4CCCCC4C4CCCCC43)C2S1. The number of allylic oxidation sites excluding steroid dienone is 4. The van der Waals surface area contributed by atoms with Gasteiger partial charge in [0.15, 0.2) is 0 Å². The van der Waals surface area contributed by atoms with E-state index < -0.39 is 8.07 Å². The fraction of sp³-hybridized carbons (Fsp3) is 0.846. The smallest absolute Gasteiger partial charge is 0.0566 e. The van der Waals surface area contributed by atoms with Gasteiger partial charge in [0.1, 0.15) is 0 Å². The summed E-state index contributed by atoms with van der Waals surface area (Å²) < 4.78 is 0. The van der Waals surface area contributed by atoms with Gasteiger partial charge in [-0.25, -0.2) is 0 Å². The normalized spacial score (nSPS) is 51.2. The summed E-state index contributed by atoms with van der Waals surface area (Å²) in [5, 5.41) is 1.82. The van der Waals surface area contributed by atoms with Crippen molar-refractivity contribution >= 4 is 31.6 Å². The maximum Gasteiger partial charge on any atom is 0.0566 e. The van der Waals surface area contributed by atoms with Crippen LogP contribution in [0.1, 0.15) is 65.2 Å². The van der Waals surface area contributed by atoms with Gasteiger partial charge in [-0.3, -0.25) is 0 Å². The van der Waals surface area contributed by atoms with Crippen molar-refractivity contribution in [1.82, 2.24) is 0 Å². The second kappa shape index (κ2) is 7.20. The van der Waals surface area contributed by atoms with Gasteiger partial charge >= 0.3 is 0 Å². The zero-order valence-corrected chi connectivity index (χ0v) is 21.5. The van der Waals surface area contributed by atoms with E-state index in [4.69, 9.17) is 0 Å². The highest BCUT2D eigenvalue weighted by Gasteiger charge is 2.64. The molecule has 6 aliphatic rings. The Morgan fingerprint density at radius 2 is 1.07 bits per heavy atom. The Labute approximate surface area is 188 Å². The molecule has 29 heavy (non-hydrogen) atoms. The largest absolute Gasteiger partial charge is 0.127 e. The molecule has 2 heterocycles. The minimum Gasteiger partial charge on any atom is -0.127 e. The van der Waals surface area contributed by atoms with Gasteiger partial charge < -0.3 is 0 Å². The van der Waals surface area contributed by atoms with E-state index in [0.29, 0.717) is 0 Å². The van der Waals surface area contributed by atoms with Crippen molar-refractivity contribution in [2.75, 3.05) is 0 Å². The molecule has 0 saturated heterocycles. The molecule has 160 valence electrons. The molecular weight excluding hydrogens is 405 g/mol. The van der Waals surface area contributed by atoms with Crippen molar-refractivity contribution in [3.05, 3.63) is 22.0 Å². The van der Waals surface area contributed by atoms with Gasteiger partial charge in [-0.05, 0) is 83.1 Å². The molecule has 0 aromatic rings. The Morgan fingerprint density at radius 1 is 0.655 bits per heavy atom. The van der Waals surface area contributed by atoms with E-state index in [1.807, 2.05) is 0 Å². The molecule has 4 fully saturated rings. The Bertz CT molecular complexity index is 681. The molecule has 4 aliphatic carbocycles. The lowest BCUT2D eigenvalue weighted by Crippen LogP contribution is -2.48. The van der Waals surface area contributed by atoms with E-state index in [1.165, 1.54) is 25.7 Å². The van der Waals surface area contributed by atoms with Crippen molar-refractivity contribution in [2.45, 2.75) is 99.9 Å². The van der Waals surface area contributed by atoms with Crippen LogP contribution in [0.25, 0.3) is 0 Å². The molecule has 0 aromatic heterocycles. The molecule has 3 heteroatoms. The zero-order chi connectivity index (χ0) is 19.9. The minimum atomic E-state index is -1.39. The summed E-state index contributed by atoms with van der Waals surface area (Å²) in [6.07, 6.45) is 17.9. The van der Waals surface area contributed by atoms with Crippen LogP contribution in [0.15, 0.2) is 22.0 Å². The van der Waals surface area contributed by atoms with Crippen molar-refractivity contribution in [1.29, 1.82) is 0 Å². The summed E-state index contributed by atoms with van der Waals surface area (Å²) in [6.45, 7) is 10.6. The lowest BCUT2D eigenvalue weighted by atomic mass is 9.73. The predicted molar refractivity (Wildman–Crippen MR) is 133 cm³/mol. The van der Waals surface area contributed by atoms with E-state index in [2.05, 4.69) is 62.6 Å². The molecule has 0 radical (unpaired) electrons. The fourth-order valence-corrected chi connectivity index (χ4v) is 20.7. The van der Waals surface area contributed by atoms with Crippen LogP contribution in [0, 0.1) is 35.5 Å². The first-order chi connectivity index (χ1) is 14.0. The lowest BCUT2D eigenvalue weighted by molar-refractivity contribution is 0.184. The van der Waals surface area contributed by atoms with Gasteiger partial charge in [-0.2, -0.15) is 0 Å². The van der Waals surface area contributed by atoms with Crippen molar-refractivity contribution in [3.8, 4) is 0 Å². The summed E-state index contributed by atoms with van der Waals surface area (Å²) in [7, 11) is -1.39. The van der Waals surface area contributed by atoms with E-state index in [0.717, 1.165) is 57.1 Å². The Morgan fingerprint density at radius 3 is 1.52 bits per heavy atom. The van der Waals surface area contributed by atoms with Gasteiger partial charge in [0, 0.05) is 10.5 Å². The number of fused-ring (bicyclic) bond motifs is 6. The monoisotopic (exact) mass is 444 g/mol. The highest BCUT2D eigenvalue weighted by molar-refractivity contribution is 8.05. The average Bonchev–Trinajstić information content (AvgIpc) is 3.39. The van der Waals surface area contributed by atoms with Crippen LogP contribution >= 0.6 is 23.5 Å². The number of hydrogen-bond donors (Lipinski definition) is 0. The molecule has 0 bridgehead atoms. The highest BCUT2D eigenvalue weighted by atomic mass is 32.2. The molecule has 2 aliphatic heterocycles. The highest BCUT2D eigenvalue weighted by Crippen LogP contribution is 2.70. The first-order valence-corrected chi connectivity index (χ1v) is 17.6. The third-order valence-electron chi connectivity index (χ3n) is 10.3.